The predicted octanol–water partition coefficient (Wildman–Crippen LogP) is 2.62. The van der Waals surface area contributed by atoms with E-state index in [1.807, 2.05) is 12.2 Å². The number of methoxy groups -OCH3 is 1. The fourth-order valence-corrected chi connectivity index (χ4v) is 1.95. The van der Waals surface area contributed by atoms with Crippen LogP contribution in [0.1, 0.15) is 18.1 Å². The van der Waals surface area contributed by atoms with Crippen molar-refractivity contribution in [2.45, 2.75) is 13.3 Å². The molecule has 0 amide bonds. The molecule has 0 radical (unpaired) electrons. The van der Waals surface area contributed by atoms with Gasteiger partial charge in [-0.2, -0.15) is 0 Å². The van der Waals surface area contributed by atoms with E-state index < -0.39 is 5.97 Å². The molecule has 5 heteroatoms. The van der Waals surface area contributed by atoms with Gasteiger partial charge in [0.25, 0.3) is 0 Å². The van der Waals surface area contributed by atoms with Gasteiger partial charge in [-0.15, -0.1) is 0 Å². The van der Waals surface area contributed by atoms with Crippen molar-refractivity contribution in [3.8, 4) is 5.75 Å². The average Bonchev–Trinajstić information content (AvgIpc) is 2.35. The highest BCUT2D eigenvalue weighted by Crippen LogP contribution is 2.20. The van der Waals surface area contributed by atoms with Crippen LogP contribution in [0, 0.1) is 0 Å². The molecule has 0 fully saturated rings. The van der Waals surface area contributed by atoms with Gasteiger partial charge in [0.1, 0.15) is 5.75 Å². The van der Waals surface area contributed by atoms with Crippen LogP contribution in [0.2, 0.25) is 0 Å². The van der Waals surface area contributed by atoms with Gasteiger partial charge in [0.2, 0.25) is 0 Å². The standard InChI is InChI=1S/C14H16O4S/c1-10(15)19-7-3-4-11-8-13(18-2)6-5-12(11)9-14(16)17/h3-6,8H,7,9H2,1-2H3,(H,16,17). The first kappa shape index (κ1) is 15.3. The van der Waals surface area contributed by atoms with E-state index in [1.165, 1.54) is 18.7 Å². The van der Waals surface area contributed by atoms with Gasteiger partial charge in [-0.25, -0.2) is 0 Å². The number of thioether (sulfide) groups is 1. The first-order valence-corrected chi connectivity index (χ1v) is 6.70. The third-order valence-electron chi connectivity index (χ3n) is 2.37. The molecule has 0 atom stereocenters. The van der Waals surface area contributed by atoms with E-state index in [4.69, 9.17) is 9.84 Å². The maximum absolute atomic E-state index is 10.8. The molecular weight excluding hydrogens is 264 g/mol. The Bertz CT molecular complexity index is 494. The zero-order valence-electron chi connectivity index (χ0n) is 10.9. The van der Waals surface area contributed by atoms with Crippen molar-refractivity contribution in [2.75, 3.05) is 12.9 Å². The summed E-state index contributed by atoms with van der Waals surface area (Å²) in [5.41, 5.74) is 1.52. The lowest BCUT2D eigenvalue weighted by Crippen LogP contribution is -2.02. The van der Waals surface area contributed by atoms with Crippen LogP contribution in [-0.4, -0.2) is 29.1 Å². The fraction of sp³-hybridized carbons (Fsp3) is 0.286. The number of carbonyl (C=O) groups is 2. The molecule has 1 N–H and O–H groups in total. The topological polar surface area (TPSA) is 63.6 Å². The fourth-order valence-electron chi connectivity index (χ4n) is 1.52. The summed E-state index contributed by atoms with van der Waals surface area (Å²) in [5, 5.41) is 8.91. The van der Waals surface area contributed by atoms with Gasteiger partial charge in [0.15, 0.2) is 5.12 Å². The second-order valence-electron chi connectivity index (χ2n) is 3.84. The molecule has 0 saturated carbocycles. The number of rotatable bonds is 6. The monoisotopic (exact) mass is 280 g/mol. The number of carboxylic acids is 1. The summed E-state index contributed by atoms with van der Waals surface area (Å²) in [4.78, 5) is 21.6. The molecule has 102 valence electrons. The van der Waals surface area contributed by atoms with Crippen LogP contribution in [0.15, 0.2) is 24.3 Å². The average molecular weight is 280 g/mol. The molecule has 0 saturated heterocycles. The van der Waals surface area contributed by atoms with Crippen molar-refractivity contribution in [3.63, 3.8) is 0 Å². The molecule has 4 nitrogen and oxygen atoms in total. The summed E-state index contributed by atoms with van der Waals surface area (Å²) in [7, 11) is 1.56. The third-order valence-corrected chi connectivity index (χ3v) is 3.14. The van der Waals surface area contributed by atoms with Crippen LogP contribution < -0.4 is 4.74 Å². The zero-order chi connectivity index (χ0) is 14.3. The van der Waals surface area contributed by atoms with Crippen LogP contribution in [0.5, 0.6) is 5.75 Å². The smallest absolute Gasteiger partial charge is 0.307 e. The van der Waals surface area contributed by atoms with Crippen LogP contribution in [-0.2, 0) is 16.0 Å². The number of ether oxygens (including phenoxy) is 1. The van der Waals surface area contributed by atoms with Gasteiger partial charge >= 0.3 is 5.97 Å². The largest absolute Gasteiger partial charge is 0.497 e. The van der Waals surface area contributed by atoms with Gasteiger partial charge in [-0.1, -0.05) is 30.0 Å². The second-order valence-corrected chi connectivity index (χ2v) is 5.04. The van der Waals surface area contributed by atoms with Gasteiger partial charge in [-0.3, -0.25) is 9.59 Å². The Hall–Kier alpha value is -1.75. The van der Waals surface area contributed by atoms with Crippen LogP contribution in [0.25, 0.3) is 6.08 Å². The Morgan fingerprint density at radius 2 is 2.16 bits per heavy atom. The van der Waals surface area contributed by atoms with E-state index in [1.54, 1.807) is 25.3 Å². The molecule has 1 aromatic carbocycles. The minimum absolute atomic E-state index is 0.0382. The molecule has 0 heterocycles. The summed E-state index contributed by atoms with van der Waals surface area (Å²) in [6.07, 6.45) is 3.62. The lowest BCUT2D eigenvalue weighted by molar-refractivity contribution is -0.136. The summed E-state index contributed by atoms with van der Waals surface area (Å²) in [6, 6.07) is 5.26. The van der Waals surface area contributed by atoms with E-state index in [2.05, 4.69) is 0 Å². The maximum atomic E-state index is 10.8. The Morgan fingerprint density at radius 3 is 2.74 bits per heavy atom. The SMILES string of the molecule is COc1ccc(CC(=O)O)c(C=CCSC(C)=O)c1. The number of aliphatic carboxylic acids is 1. The molecule has 1 rings (SSSR count). The van der Waals surface area contributed by atoms with E-state index in [0.717, 1.165) is 11.1 Å². The van der Waals surface area contributed by atoms with E-state index in [0.29, 0.717) is 11.5 Å². The molecule has 0 aliphatic rings. The first-order chi connectivity index (χ1) is 9.02. The van der Waals surface area contributed by atoms with E-state index >= 15 is 0 Å². The first-order valence-electron chi connectivity index (χ1n) is 5.71. The third kappa shape index (κ3) is 5.61. The Kier molecular flexibility index (Phi) is 6.15. The molecule has 0 bridgehead atoms. The lowest BCUT2D eigenvalue weighted by Gasteiger charge is -2.06. The van der Waals surface area contributed by atoms with Crippen molar-refractivity contribution in [1.29, 1.82) is 0 Å². The van der Waals surface area contributed by atoms with Gasteiger partial charge in [0, 0.05) is 12.7 Å². The predicted molar refractivity (Wildman–Crippen MR) is 76.5 cm³/mol. The minimum atomic E-state index is -0.877. The van der Waals surface area contributed by atoms with Crippen LogP contribution in [0.4, 0.5) is 0 Å². The zero-order valence-corrected chi connectivity index (χ0v) is 11.7. The molecule has 0 spiro atoms. The van der Waals surface area contributed by atoms with Crippen molar-refractivity contribution in [1.82, 2.24) is 0 Å². The number of hydrogen-bond acceptors (Lipinski definition) is 4. The van der Waals surface area contributed by atoms with Crippen molar-refractivity contribution >= 4 is 28.9 Å². The molecular formula is C14H16O4S. The highest BCUT2D eigenvalue weighted by molar-refractivity contribution is 8.13. The van der Waals surface area contributed by atoms with Gasteiger partial charge in [-0.05, 0) is 23.3 Å². The van der Waals surface area contributed by atoms with Crippen molar-refractivity contribution in [3.05, 3.63) is 35.4 Å². The number of carbonyl (C=O) groups excluding carboxylic acids is 1. The number of benzene rings is 1. The highest BCUT2D eigenvalue weighted by Gasteiger charge is 2.06. The minimum Gasteiger partial charge on any atom is -0.497 e. The number of hydrogen-bond donors (Lipinski definition) is 1. The summed E-state index contributed by atoms with van der Waals surface area (Å²) >= 11 is 1.21. The second kappa shape index (κ2) is 7.63. The molecule has 0 aromatic heterocycles. The summed E-state index contributed by atoms with van der Waals surface area (Å²) in [5.74, 6) is 0.366. The van der Waals surface area contributed by atoms with Gasteiger partial charge < -0.3 is 9.84 Å². The molecule has 0 aliphatic carbocycles. The van der Waals surface area contributed by atoms with E-state index in [9.17, 15) is 9.59 Å². The normalized spacial score (nSPS) is 10.6. The van der Waals surface area contributed by atoms with Crippen LogP contribution in [0.3, 0.4) is 0 Å². The Balaban J connectivity index is 2.87. The molecule has 0 unspecified atom stereocenters. The van der Waals surface area contributed by atoms with Crippen molar-refractivity contribution in [2.24, 2.45) is 0 Å². The molecule has 0 aliphatic heterocycles. The Labute approximate surface area is 116 Å². The molecule has 19 heavy (non-hydrogen) atoms. The lowest BCUT2D eigenvalue weighted by atomic mass is 10.0. The van der Waals surface area contributed by atoms with Gasteiger partial charge in [0.05, 0.1) is 13.5 Å². The van der Waals surface area contributed by atoms with E-state index in [-0.39, 0.29) is 11.5 Å². The Morgan fingerprint density at radius 1 is 1.42 bits per heavy atom. The van der Waals surface area contributed by atoms with Crippen LogP contribution >= 0.6 is 11.8 Å². The quantitative estimate of drug-likeness (QED) is 0.867. The van der Waals surface area contributed by atoms with Crippen molar-refractivity contribution < 1.29 is 19.4 Å². The maximum Gasteiger partial charge on any atom is 0.307 e. The summed E-state index contributed by atoms with van der Waals surface area (Å²) < 4.78 is 5.12. The molecule has 1 aromatic rings. The number of carboxylic acid groups (broad SMARTS) is 1. The highest BCUT2D eigenvalue weighted by atomic mass is 32.2. The summed E-state index contributed by atoms with van der Waals surface area (Å²) in [6.45, 7) is 1.51.